The van der Waals surface area contributed by atoms with Crippen LogP contribution in [0.15, 0.2) is 22.7 Å². The van der Waals surface area contributed by atoms with Crippen LogP contribution in [-0.4, -0.2) is 16.8 Å². The van der Waals surface area contributed by atoms with Crippen LogP contribution in [0.25, 0.3) is 0 Å². The second kappa shape index (κ2) is 6.06. The number of benzene rings is 1. The quantitative estimate of drug-likeness (QED) is 0.924. The van der Waals surface area contributed by atoms with E-state index in [9.17, 15) is 4.39 Å². The summed E-state index contributed by atoms with van der Waals surface area (Å²) in [5, 5.41) is 7.67. The summed E-state index contributed by atoms with van der Waals surface area (Å²) < 4.78 is 16.4. The van der Waals surface area contributed by atoms with Gasteiger partial charge in [-0.1, -0.05) is 6.07 Å². The molecule has 2 aromatic rings. The Morgan fingerprint density at radius 3 is 2.65 bits per heavy atom. The lowest BCUT2D eigenvalue weighted by Crippen LogP contribution is -2.21. The Bertz CT molecular complexity index is 622. The molecule has 0 radical (unpaired) electrons. The molecule has 0 saturated carbocycles. The summed E-state index contributed by atoms with van der Waals surface area (Å²) in [4.78, 5) is 0. The first-order chi connectivity index (χ1) is 9.43. The molecule has 1 heterocycles. The molecule has 0 saturated heterocycles. The largest absolute Gasteiger partial charge is 0.313 e. The Kier molecular flexibility index (Phi) is 4.60. The zero-order chi connectivity index (χ0) is 14.9. The summed E-state index contributed by atoms with van der Waals surface area (Å²) in [7, 11) is 3.82. The predicted octanol–water partition coefficient (Wildman–Crippen LogP) is 3.44. The highest BCUT2D eigenvalue weighted by Gasteiger charge is 2.18. The highest BCUT2D eigenvalue weighted by atomic mass is 79.9. The average Bonchev–Trinajstić information content (AvgIpc) is 2.65. The van der Waals surface area contributed by atoms with Crippen molar-refractivity contribution < 1.29 is 4.39 Å². The van der Waals surface area contributed by atoms with Crippen LogP contribution in [-0.2, 0) is 13.5 Å². The maximum Gasteiger partial charge on any atom is 0.123 e. The van der Waals surface area contributed by atoms with Gasteiger partial charge in [-0.3, -0.25) is 4.68 Å². The van der Waals surface area contributed by atoms with Crippen LogP contribution in [0.3, 0.4) is 0 Å². The van der Waals surface area contributed by atoms with Gasteiger partial charge in [0, 0.05) is 19.5 Å². The lowest BCUT2D eigenvalue weighted by Gasteiger charge is -2.19. The van der Waals surface area contributed by atoms with E-state index < -0.39 is 0 Å². The van der Waals surface area contributed by atoms with Crippen LogP contribution < -0.4 is 5.32 Å². The molecule has 108 valence electrons. The monoisotopic (exact) mass is 339 g/mol. The molecule has 0 bridgehead atoms. The molecule has 0 spiro atoms. The number of rotatable bonds is 4. The molecular weight excluding hydrogens is 321 g/mol. The lowest BCUT2D eigenvalue weighted by molar-refractivity contribution is 0.550. The third kappa shape index (κ3) is 2.94. The number of aryl methyl sites for hydroxylation is 3. The van der Waals surface area contributed by atoms with Gasteiger partial charge in [0.25, 0.3) is 0 Å². The summed E-state index contributed by atoms with van der Waals surface area (Å²) in [5.74, 6) is -0.203. The van der Waals surface area contributed by atoms with E-state index in [2.05, 4.69) is 26.3 Å². The molecule has 2 rings (SSSR count). The maximum atomic E-state index is 13.5. The fourth-order valence-electron chi connectivity index (χ4n) is 2.45. The highest BCUT2D eigenvalue weighted by Crippen LogP contribution is 2.27. The predicted molar refractivity (Wildman–Crippen MR) is 82.3 cm³/mol. The SMILES string of the molecule is CNC(Cc1c(Br)c(C)nn1C)c1cc(F)ccc1C. The van der Waals surface area contributed by atoms with Gasteiger partial charge in [0.05, 0.1) is 15.9 Å². The molecule has 0 amide bonds. The highest BCUT2D eigenvalue weighted by molar-refractivity contribution is 9.10. The third-order valence-corrected chi connectivity index (χ3v) is 4.66. The smallest absolute Gasteiger partial charge is 0.123 e. The van der Waals surface area contributed by atoms with Crippen molar-refractivity contribution in [2.24, 2.45) is 7.05 Å². The van der Waals surface area contributed by atoms with Gasteiger partial charge in [0.1, 0.15) is 5.82 Å². The molecule has 0 aliphatic carbocycles. The zero-order valence-corrected chi connectivity index (χ0v) is 13.8. The van der Waals surface area contributed by atoms with E-state index in [0.29, 0.717) is 0 Å². The van der Waals surface area contributed by atoms with E-state index >= 15 is 0 Å². The second-order valence-electron chi connectivity index (χ2n) is 5.02. The minimum absolute atomic E-state index is 0.0526. The molecule has 3 nitrogen and oxygen atoms in total. The fourth-order valence-corrected chi connectivity index (χ4v) is 2.95. The van der Waals surface area contributed by atoms with Crippen molar-refractivity contribution in [2.75, 3.05) is 7.05 Å². The van der Waals surface area contributed by atoms with Gasteiger partial charge in [-0.25, -0.2) is 4.39 Å². The van der Waals surface area contributed by atoms with Crippen molar-refractivity contribution in [2.45, 2.75) is 26.3 Å². The summed E-state index contributed by atoms with van der Waals surface area (Å²) >= 11 is 3.58. The molecule has 0 aliphatic heterocycles. The summed E-state index contributed by atoms with van der Waals surface area (Å²) in [5.41, 5.74) is 4.14. The molecule has 1 aromatic heterocycles. The van der Waals surface area contributed by atoms with Crippen LogP contribution in [0.5, 0.6) is 0 Å². The standard InChI is InChI=1S/C15H19BrFN3/c1-9-5-6-11(17)7-12(9)13(18-3)8-14-15(16)10(2)19-20(14)4/h5-7,13,18H,8H2,1-4H3. The Morgan fingerprint density at radius 1 is 1.40 bits per heavy atom. The Labute approximate surface area is 127 Å². The first-order valence-electron chi connectivity index (χ1n) is 6.55. The van der Waals surface area contributed by atoms with Crippen molar-refractivity contribution in [1.29, 1.82) is 0 Å². The van der Waals surface area contributed by atoms with Crippen LogP contribution in [0.2, 0.25) is 0 Å². The molecule has 5 heteroatoms. The number of hydrogen-bond acceptors (Lipinski definition) is 2. The van der Waals surface area contributed by atoms with Crippen LogP contribution in [0.1, 0.15) is 28.6 Å². The van der Waals surface area contributed by atoms with Crippen molar-refractivity contribution >= 4 is 15.9 Å². The van der Waals surface area contributed by atoms with Crippen molar-refractivity contribution in [3.63, 3.8) is 0 Å². The van der Waals surface area contributed by atoms with Crippen LogP contribution >= 0.6 is 15.9 Å². The molecule has 20 heavy (non-hydrogen) atoms. The molecular formula is C15H19BrFN3. The van der Waals surface area contributed by atoms with Gasteiger partial charge in [0.2, 0.25) is 0 Å². The van der Waals surface area contributed by atoms with Crippen LogP contribution in [0, 0.1) is 19.7 Å². The van der Waals surface area contributed by atoms with E-state index in [1.165, 1.54) is 6.07 Å². The van der Waals surface area contributed by atoms with Gasteiger partial charge >= 0.3 is 0 Å². The summed E-state index contributed by atoms with van der Waals surface area (Å²) in [6.45, 7) is 3.97. The normalized spacial score (nSPS) is 12.7. The summed E-state index contributed by atoms with van der Waals surface area (Å²) in [6.07, 6.45) is 0.749. The Hall–Kier alpha value is -1.20. The maximum absolute atomic E-state index is 13.5. The minimum Gasteiger partial charge on any atom is -0.313 e. The molecule has 1 unspecified atom stereocenters. The van der Waals surface area contributed by atoms with Crippen molar-refractivity contribution in [3.8, 4) is 0 Å². The Balaban J connectivity index is 2.36. The lowest BCUT2D eigenvalue weighted by atomic mass is 9.97. The van der Waals surface area contributed by atoms with E-state index in [1.54, 1.807) is 6.07 Å². The van der Waals surface area contributed by atoms with Crippen molar-refractivity contribution in [3.05, 3.63) is 51.0 Å². The van der Waals surface area contributed by atoms with Gasteiger partial charge in [0.15, 0.2) is 0 Å². The average molecular weight is 340 g/mol. The molecule has 1 aromatic carbocycles. The van der Waals surface area contributed by atoms with E-state index in [0.717, 1.165) is 33.4 Å². The second-order valence-corrected chi connectivity index (χ2v) is 5.81. The van der Waals surface area contributed by atoms with E-state index in [-0.39, 0.29) is 11.9 Å². The van der Waals surface area contributed by atoms with Crippen LogP contribution in [0.4, 0.5) is 4.39 Å². The molecule has 1 N–H and O–H groups in total. The van der Waals surface area contributed by atoms with E-state index in [1.807, 2.05) is 38.7 Å². The molecule has 1 atom stereocenters. The van der Waals surface area contributed by atoms with Gasteiger partial charge in [-0.05, 0) is 60.1 Å². The topological polar surface area (TPSA) is 29.9 Å². The zero-order valence-electron chi connectivity index (χ0n) is 12.2. The third-order valence-electron chi connectivity index (χ3n) is 3.62. The number of halogens is 2. The molecule has 0 fully saturated rings. The van der Waals surface area contributed by atoms with Crippen molar-refractivity contribution in [1.82, 2.24) is 15.1 Å². The number of aromatic nitrogens is 2. The molecule has 0 aliphatic rings. The summed E-state index contributed by atoms with van der Waals surface area (Å²) in [6, 6.07) is 4.97. The number of hydrogen-bond donors (Lipinski definition) is 1. The van der Waals surface area contributed by atoms with E-state index in [4.69, 9.17) is 0 Å². The number of nitrogens with one attached hydrogen (secondary N) is 1. The Morgan fingerprint density at radius 2 is 2.10 bits per heavy atom. The van der Waals surface area contributed by atoms with Gasteiger partial charge in [-0.15, -0.1) is 0 Å². The minimum atomic E-state index is -0.203. The van der Waals surface area contributed by atoms with Gasteiger partial charge in [-0.2, -0.15) is 5.10 Å². The first kappa shape index (κ1) is 15.2. The fraction of sp³-hybridized carbons (Fsp3) is 0.400. The number of likely N-dealkylation sites (N-methyl/N-ethyl adjacent to an activating group) is 1. The number of nitrogens with zero attached hydrogens (tertiary/aromatic N) is 2. The van der Waals surface area contributed by atoms with Gasteiger partial charge < -0.3 is 5.32 Å². The first-order valence-corrected chi connectivity index (χ1v) is 7.34.